The van der Waals surface area contributed by atoms with Crippen LogP contribution < -0.4 is 5.32 Å². The van der Waals surface area contributed by atoms with Crippen molar-refractivity contribution in [1.29, 1.82) is 0 Å². The fraction of sp³-hybridized carbons (Fsp3) is 0. The average molecular weight is 473 g/mol. The van der Waals surface area contributed by atoms with Gasteiger partial charge in [-0.15, -0.1) is 0 Å². The molecule has 6 rings (SSSR count). The maximum atomic E-state index is 13.2. The summed E-state index contributed by atoms with van der Waals surface area (Å²) in [7, 11) is 0. The molecule has 0 aliphatic rings. The van der Waals surface area contributed by atoms with E-state index in [0.29, 0.717) is 28.1 Å². The van der Waals surface area contributed by atoms with Gasteiger partial charge in [0.15, 0.2) is 5.78 Å². The van der Waals surface area contributed by atoms with Crippen LogP contribution in [-0.2, 0) is 0 Å². The van der Waals surface area contributed by atoms with Crippen molar-refractivity contribution in [3.05, 3.63) is 120 Å². The third-order valence-electron chi connectivity index (χ3n) is 5.98. The zero-order valence-electron chi connectivity index (χ0n) is 19.0. The van der Waals surface area contributed by atoms with Crippen molar-refractivity contribution < 1.29 is 9.59 Å². The molecule has 8 heteroatoms. The number of hydrogen-bond acceptors (Lipinski definition) is 4. The van der Waals surface area contributed by atoms with Gasteiger partial charge < -0.3 is 10.3 Å². The Morgan fingerprint density at radius 3 is 2.58 bits per heavy atom. The number of carbonyl (C=O) groups is 2. The second-order valence-electron chi connectivity index (χ2n) is 8.29. The molecule has 3 aromatic carbocycles. The molecule has 0 atom stereocenters. The summed E-state index contributed by atoms with van der Waals surface area (Å²) in [5.74, 6) is -0.393. The second kappa shape index (κ2) is 8.84. The molecule has 0 saturated heterocycles. The maximum absolute atomic E-state index is 13.2. The lowest BCUT2D eigenvalue weighted by atomic mass is 10.0. The van der Waals surface area contributed by atoms with E-state index in [9.17, 15) is 9.59 Å². The average Bonchev–Trinajstić information content (AvgIpc) is 3.67. The molecule has 3 N–H and O–H groups in total. The van der Waals surface area contributed by atoms with Crippen molar-refractivity contribution in [1.82, 2.24) is 19.9 Å². The highest BCUT2D eigenvalue weighted by Gasteiger charge is 2.15. The smallest absolute Gasteiger partial charge is 0.256 e. The number of rotatable bonds is 6. The van der Waals surface area contributed by atoms with Crippen LogP contribution in [0.1, 0.15) is 32.0 Å². The number of benzene rings is 3. The molecule has 0 saturated carbocycles. The zero-order valence-corrected chi connectivity index (χ0v) is 19.0. The SMILES string of the molecule is O=C(c1cccc(NC(=O)c2cccc3[nH]ccc23)c1)c1ccc2c(/C=N/n3cccc3)n[nH]c2c1. The topological polar surface area (TPSA) is 108 Å². The summed E-state index contributed by atoms with van der Waals surface area (Å²) < 4.78 is 1.68. The molecule has 0 spiro atoms. The predicted molar refractivity (Wildman–Crippen MR) is 140 cm³/mol. The van der Waals surface area contributed by atoms with E-state index < -0.39 is 0 Å². The highest BCUT2D eigenvalue weighted by Crippen LogP contribution is 2.22. The summed E-state index contributed by atoms with van der Waals surface area (Å²) >= 11 is 0. The first-order valence-corrected chi connectivity index (χ1v) is 11.3. The number of amides is 1. The quantitative estimate of drug-likeness (QED) is 0.229. The van der Waals surface area contributed by atoms with Gasteiger partial charge >= 0.3 is 0 Å². The molecular weight excluding hydrogens is 452 g/mol. The molecule has 36 heavy (non-hydrogen) atoms. The number of nitrogens with zero attached hydrogens (tertiary/aromatic N) is 3. The number of aromatic nitrogens is 4. The molecule has 0 bridgehead atoms. The Bertz CT molecular complexity index is 1760. The van der Waals surface area contributed by atoms with E-state index in [1.807, 2.05) is 48.8 Å². The summed E-state index contributed by atoms with van der Waals surface area (Å²) in [6.07, 6.45) is 7.13. The number of fused-ring (bicyclic) bond motifs is 2. The van der Waals surface area contributed by atoms with Gasteiger partial charge in [-0.05, 0) is 54.6 Å². The molecule has 8 nitrogen and oxygen atoms in total. The Kier molecular flexibility index (Phi) is 5.23. The minimum absolute atomic E-state index is 0.155. The van der Waals surface area contributed by atoms with Gasteiger partial charge in [0.25, 0.3) is 5.91 Å². The summed E-state index contributed by atoms with van der Waals surface area (Å²) in [4.78, 5) is 29.3. The third-order valence-corrected chi connectivity index (χ3v) is 5.98. The van der Waals surface area contributed by atoms with Crippen molar-refractivity contribution in [2.24, 2.45) is 5.10 Å². The van der Waals surface area contributed by atoms with Crippen LogP contribution in [0.5, 0.6) is 0 Å². The molecule has 174 valence electrons. The van der Waals surface area contributed by atoms with Gasteiger partial charge in [0, 0.05) is 57.3 Å². The largest absolute Gasteiger partial charge is 0.361 e. The molecule has 0 unspecified atom stereocenters. The summed E-state index contributed by atoms with van der Waals surface area (Å²) in [6.45, 7) is 0. The summed E-state index contributed by atoms with van der Waals surface area (Å²) in [5, 5.41) is 16.2. The fourth-order valence-corrected chi connectivity index (χ4v) is 4.19. The number of hydrogen-bond donors (Lipinski definition) is 3. The minimum Gasteiger partial charge on any atom is -0.361 e. The lowest BCUT2D eigenvalue weighted by molar-refractivity contribution is 0.102. The highest BCUT2D eigenvalue weighted by atomic mass is 16.1. The molecule has 6 aromatic rings. The van der Waals surface area contributed by atoms with Crippen molar-refractivity contribution in [2.75, 3.05) is 5.32 Å². The van der Waals surface area contributed by atoms with Crippen LogP contribution in [-0.4, -0.2) is 37.8 Å². The van der Waals surface area contributed by atoms with E-state index in [1.165, 1.54) is 0 Å². The standard InChI is InChI=1S/C28H20N6O2/c35-27(19-9-10-23-25(16-19)32-33-26(23)17-30-34-13-1-2-14-34)18-5-3-6-20(15-18)31-28(36)22-7-4-8-24-21(22)11-12-29-24/h1-17,29H,(H,31,36)(H,32,33)/b30-17+. The monoisotopic (exact) mass is 472 g/mol. The van der Waals surface area contributed by atoms with E-state index in [4.69, 9.17) is 0 Å². The van der Waals surface area contributed by atoms with Crippen LogP contribution in [0, 0.1) is 0 Å². The van der Waals surface area contributed by atoms with Crippen molar-refractivity contribution in [2.45, 2.75) is 0 Å². The van der Waals surface area contributed by atoms with Crippen molar-refractivity contribution in [3.8, 4) is 0 Å². The molecule has 0 aliphatic heterocycles. The van der Waals surface area contributed by atoms with Crippen LogP contribution in [0.25, 0.3) is 21.8 Å². The van der Waals surface area contributed by atoms with Gasteiger partial charge in [-0.25, -0.2) is 4.68 Å². The molecule has 1 amide bonds. The first-order valence-electron chi connectivity index (χ1n) is 11.3. The highest BCUT2D eigenvalue weighted by molar-refractivity contribution is 6.14. The van der Waals surface area contributed by atoms with Crippen LogP contribution in [0.2, 0.25) is 0 Å². The molecule has 0 radical (unpaired) electrons. The van der Waals surface area contributed by atoms with Gasteiger partial charge in [0.1, 0.15) is 5.69 Å². The lowest BCUT2D eigenvalue weighted by Gasteiger charge is -2.08. The number of carbonyl (C=O) groups excluding carboxylic acids is 2. The number of ketones is 1. The van der Waals surface area contributed by atoms with Crippen LogP contribution in [0.4, 0.5) is 5.69 Å². The third kappa shape index (κ3) is 3.97. The van der Waals surface area contributed by atoms with Crippen LogP contribution in [0.15, 0.2) is 103 Å². The molecule has 0 fully saturated rings. The van der Waals surface area contributed by atoms with Crippen LogP contribution >= 0.6 is 0 Å². The minimum atomic E-state index is -0.238. The van der Waals surface area contributed by atoms with Gasteiger partial charge in [-0.3, -0.25) is 14.7 Å². The number of nitrogens with one attached hydrogen (secondary N) is 3. The Hall–Kier alpha value is -5.24. The number of anilines is 1. The predicted octanol–water partition coefficient (Wildman–Crippen LogP) is 5.21. The van der Waals surface area contributed by atoms with Gasteiger partial charge in [-0.1, -0.05) is 24.3 Å². The normalized spacial score (nSPS) is 11.4. The zero-order chi connectivity index (χ0) is 24.5. The first kappa shape index (κ1) is 21.3. The molecular formula is C28H20N6O2. The number of aromatic amines is 2. The van der Waals surface area contributed by atoms with Crippen molar-refractivity contribution in [3.63, 3.8) is 0 Å². The van der Waals surface area contributed by atoms with Crippen LogP contribution in [0.3, 0.4) is 0 Å². The fourth-order valence-electron chi connectivity index (χ4n) is 4.19. The van der Waals surface area contributed by atoms with E-state index >= 15 is 0 Å². The van der Waals surface area contributed by atoms with E-state index in [1.54, 1.807) is 59.6 Å². The Morgan fingerprint density at radius 1 is 0.861 bits per heavy atom. The second-order valence-corrected chi connectivity index (χ2v) is 8.29. The van der Waals surface area contributed by atoms with E-state index in [0.717, 1.165) is 21.8 Å². The number of H-pyrrole nitrogens is 2. The molecule has 0 aliphatic carbocycles. The lowest BCUT2D eigenvalue weighted by Crippen LogP contribution is -2.12. The maximum Gasteiger partial charge on any atom is 0.256 e. The Balaban J connectivity index is 1.23. The van der Waals surface area contributed by atoms with Gasteiger partial charge in [0.05, 0.1) is 11.7 Å². The summed E-state index contributed by atoms with van der Waals surface area (Å²) in [6, 6.07) is 23.5. The van der Waals surface area contributed by atoms with E-state index in [2.05, 4.69) is 25.6 Å². The van der Waals surface area contributed by atoms with Gasteiger partial charge in [-0.2, -0.15) is 10.2 Å². The summed E-state index contributed by atoms with van der Waals surface area (Å²) in [5.41, 5.74) is 4.40. The van der Waals surface area contributed by atoms with E-state index in [-0.39, 0.29) is 11.7 Å². The molecule has 3 aromatic heterocycles. The molecule has 3 heterocycles. The first-order chi connectivity index (χ1) is 17.7. The van der Waals surface area contributed by atoms with Gasteiger partial charge in [0.2, 0.25) is 0 Å². The Labute approximate surface area is 205 Å². The van der Waals surface area contributed by atoms with Crippen molar-refractivity contribution >= 4 is 45.4 Å². The Morgan fingerprint density at radius 2 is 1.69 bits per heavy atom.